The van der Waals surface area contributed by atoms with Gasteiger partial charge in [0.05, 0.1) is 6.10 Å². The lowest BCUT2D eigenvalue weighted by Crippen LogP contribution is -2.12. The van der Waals surface area contributed by atoms with E-state index in [-0.39, 0.29) is 11.9 Å². The van der Waals surface area contributed by atoms with Crippen molar-refractivity contribution in [2.24, 2.45) is 5.90 Å². The van der Waals surface area contributed by atoms with Crippen molar-refractivity contribution in [2.45, 2.75) is 31.3 Å². The monoisotopic (exact) mass is 195 g/mol. The zero-order valence-electron chi connectivity index (χ0n) is 7.95. The SMILES string of the molecule is NO[C@@H]1CC[C@H](c2ccc(F)cc2)C1. The van der Waals surface area contributed by atoms with Gasteiger partial charge in [-0.25, -0.2) is 10.3 Å². The van der Waals surface area contributed by atoms with Gasteiger partial charge < -0.3 is 4.84 Å². The summed E-state index contributed by atoms with van der Waals surface area (Å²) in [5.74, 6) is 5.43. The van der Waals surface area contributed by atoms with E-state index in [9.17, 15) is 4.39 Å². The van der Waals surface area contributed by atoms with E-state index in [4.69, 9.17) is 10.7 Å². The molecule has 76 valence electrons. The summed E-state index contributed by atoms with van der Waals surface area (Å²) in [6.07, 6.45) is 3.19. The molecule has 0 amide bonds. The standard InChI is InChI=1S/C11H14FNO/c12-10-4-1-8(2-5-10)9-3-6-11(7-9)14-13/h1-2,4-5,9,11H,3,6-7,13H2/t9-,11+/m0/s1. The summed E-state index contributed by atoms with van der Waals surface area (Å²) >= 11 is 0. The predicted octanol–water partition coefficient (Wildman–Crippen LogP) is 2.35. The summed E-state index contributed by atoms with van der Waals surface area (Å²) in [5.41, 5.74) is 1.19. The summed E-state index contributed by atoms with van der Waals surface area (Å²) in [4.78, 5) is 4.81. The molecule has 1 saturated carbocycles. The fraction of sp³-hybridized carbons (Fsp3) is 0.455. The zero-order valence-corrected chi connectivity index (χ0v) is 7.95. The van der Waals surface area contributed by atoms with E-state index in [1.807, 2.05) is 12.1 Å². The van der Waals surface area contributed by atoms with Crippen molar-refractivity contribution < 1.29 is 9.23 Å². The molecule has 1 aromatic rings. The Bertz CT molecular complexity index is 299. The third-order valence-corrected chi connectivity index (χ3v) is 2.92. The van der Waals surface area contributed by atoms with Crippen LogP contribution in [0.3, 0.4) is 0 Å². The van der Waals surface area contributed by atoms with Gasteiger partial charge in [0.2, 0.25) is 0 Å². The summed E-state index contributed by atoms with van der Waals surface area (Å²) in [6, 6.07) is 6.70. The first kappa shape index (κ1) is 9.62. The minimum Gasteiger partial charge on any atom is -0.301 e. The van der Waals surface area contributed by atoms with E-state index < -0.39 is 0 Å². The fourth-order valence-corrected chi connectivity index (χ4v) is 2.10. The molecule has 0 aliphatic heterocycles. The fourth-order valence-electron chi connectivity index (χ4n) is 2.10. The van der Waals surface area contributed by atoms with E-state index >= 15 is 0 Å². The van der Waals surface area contributed by atoms with Crippen LogP contribution in [0.1, 0.15) is 30.7 Å². The van der Waals surface area contributed by atoms with Crippen LogP contribution in [0.4, 0.5) is 4.39 Å². The predicted molar refractivity (Wildman–Crippen MR) is 52.1 cm³/mol. The van der Waals surface area contributed by atoms with Crippen LogP contribution in [-0.2, 0) is 4.84 Å². The van der Waals surface area contributed by atoms with Gasteiger partial charge in [-0.2, -0.15) is 0 Å². The molecule has 0 saturated heterocycles. The third-order valence-electron chi connectivity index (χ3n) is 2.92. The molecule has 0 unspecified atom stereocenters. The van der Waals surface area contributed by atoms with Crippen LogP contribution < -0.4 is 5.90 Å². The highest BCUT2D eigenvalue weighted by Crippen LogP contribution is 2.35. The van der Waals surface area contributed by atoms with Crippen LogP contribution in [0.25, 0.3) is 0 Å². The molecule has 2 atom stereocenters. The first-order valence-electron chi connectivity index (χ1n) is 4.90. The lowest BCUT2D eigenvalue weighted by atomic mass is 9.98. The Morgan fingerprint density at radius 2 is 1.93 bits per heavy atom. The Labute approximate surface area is 82.8 Å². The van der Waals surface area contributed by atoms with Crippen LogP contribution in [0.2, 0.25) is 0 Å². The number of rotatable bonds is 2. The first-order valence-corrected chi connectivity index (χ1v) is 4.90. The van der Waals surface area contributed by atoms with Gasteiger partial charge in [-0.1, -0.05) is 12.1 Å². The molecule has 1 aromatic carbocycles. The van der Waals surface area contributed by atoms with Crippen molar-refractivity contribution in [3.8, 4) is 0 Å². The van der Waals surface area contributed by atoms with Gasteiger partial charge in [0.1, 0.15) is 5.82 Å². The van der Waals surface area contributed by atoms with Gasteiger partial charge in [0.15, 0.2) is 0 Å². The van der Waals surface area contributed by atoms with E-state index in [0.717, 1.165) is 19.3 Å². The highest BCUT2D eigenvalue weighted by Gasteiger charge is 2.25. The number of benzene rings is 1. The lowest BCUT2D eigenvalue weighted by Gasteiger charge is -2.09. The largest absolute Gasteiger partial charge is 0.301 e. The smallest absolute Gasteiger partial charge is 0.123 e. The second-order valence-corrected chi connectivity index (χ2v) is 3.82. The van der Waals surface area contributed by atoms with Crippen molar-refractivity contribution in [3.63, 3.8) is 0 Å². The topological polar surface area (TPSA) is 35.2 Å². The maximum Gasteiger partial charge on any atom is 0.123 e. The van der Waals surface area contributed by atoms with Crippen LogP contribution in [0.5, 0.6) is 0 Å². The first-order chi connectivity index (χ1) is 6.79. The van der Waals surface area contributed by atoms with Crippen LogP contribution in [0, 0.1) is 5.82 Å². The maximum absolute atomic E-state index is 12.7. The van der Waals surface area contributed by atoms with Crippen LogP contribution in [-0.4, -0.2) is 6.10 Å². The van der Waals surface area contributed by atoms with Crippen molar-refractivity contribution in [1.29, 1.82) is 0 Å². The highest BCUT2D eigenvalue weighted by atomic mass is 19.1. The molecule has 1 aliphatic carbocycles. The van der Waals surface area contributed by atoms with Gasteiger partial charge in [-0.3, -0.25) is 0 Å². The Morgan fingerprint density at radius 3 is 2.50 bits per heavy atom. The van der Waals surface area contributed by atoms with Gasteiger partial charge in [-0.15, -0.1) is 0 Å². The van der Waals surface area contributed by atoms with Crippen molar-refractivity contribution >= 4 is 0 Å². The molecule has 0 radical (unpaired) electrons. The van der Waals surface area contributed by atoms with Crippen LogP contribution in [0.15, 0.2) is 24.3 Å². The molecule has 3 heteroatoms. The number of hydrogen-bond donors (Lipinski definition) is 1. The van der Waals surface area contributed by atoms with E-state index in [2.05, 4.69) is 0 Å². The van der Waals surface area contributed by atoms with Crippen molar-refractivity contribution in [3.05, 3.63) is 35.6 Å². The summed E-state index contributed by atoms with van der Waals surface area (Å²) in [7, 11) is 0. The molecule has 0 bridgehead atoms. The zero-order chi connectivity index (χ0) is 9.97. The number of nitrogens with two attached hydrogens (primary N) is 1. The quantitative estimate of drug-likeness (QED) is 0.735. The lowest BCUT2D eigenvalue weighted by molar-refractivity contribution is 0.0577. The van der Waals surface area contributed by atoms with Gasteiger partial charge in [-0.05, 0) is 42.9 Å². The van der Waals surface area contributed by atoms with E-state index in [0.29, 0.717) is 5.92 Å². The molecule has 14 heavy (non-hydrogen) atoms. The maximum atomic E-state index is 12.7. The van der Waals surface area contributed by atoms with Gasteiger partial charge >= 0.3 is 0 Å². The van der Waals surface area contributed by atoms with Crippen molar-refractivity contribution in [2.75, 3.05) is 0 Å². The third kappa shape index (κ3) is 1.94. The van der Waals surface area contributed by atoms with Gasteiger partial charge in [0.25, 0.3) is 0 Å². The highest BCUT2D eigenvalue weighted by molar-refractivity contribution is 5.21. The molecule has 0 spiro atoms. The second-order valence-electron chi connectivity index (χ2n) is 3.82. The Balaban J connectivity index is 2.06. The molecule has 1 fully saturated rings. The van der Waals surface area contributed by atoms with E-state index in [1.54, 1.807) is 0 Å². The molecule has 2 nitrogen and oxygen atoms in total. The molecule has 1 aliphatic rings. The van der Waals surface area contributed by atoms with Gasteiger partial charge in [0, 0.05) is 0 Å². The average molecular weight is 195 g/mol. The van der Waals surface area contributed by atoms with Crippen molar-refractivity contribution in [1.82, 2.24) is 0 Å². The Morgan fingerprint density at radius 1 is 1.21 bits per heavy atom. The summed E-state index contributed by atoms with van der Waals surface area (Å²) in [5, 5.41) is 0. The van der Waals surface area contributed by atoms with E-state index in [1.165, 1.54) is 17.7 Å². The molecule has 0 heterocycles. The molecular formula is C11H14FNO. The minimum absolute atomic E-state index is 0.171. The number of halogens is 1. The molecular weight excluding hydrogens is 181 g/mol. The Hall–Kier alpha value is -0.930. The molecule has 2 rings (SSSR count). The second kappa shape index (κ2) is 4.07. The minimum atomic E-state index is -0.182. The van der Waals surface area contributed by atoms with Crippen LogP contribution >= 0.6 is 0 Å². The average Bonchev–Trinajstić information content (AvgIpc) is 2.67. The normalized spacial score (nSPS) is 26.7. The molecule has 0 aromatic heterocycles. The summed E-state index contributed by atoms with van der Waals surface area (Å²) < 4.78 is 12.7. The Kier molecular flexibility index (Phi) is 2.79. The number of hydrogen-bond acceptors (Lipinski definition) is 2. The molecule has 2 N–H and O–H groups in total. The summed E-state index contributed by atoms with van der Waals surface area (Å²) in [6.45, 7) is 0.